The maximum atomic E-state index is 15.3. The summed E-state index contributed by atoms with van der Waals surface area (Å²) in [7, 11) is -3.27. The molecule has 0 bridgehead atoms. The molecule has 0 N–H and O–H groups in total. The highest BCUT2D eigenvalue weighted by molar-refractivity contribution is 7.90. The lowest BCUT2D eigenvalue weighted by Gasteiger charge is -2.23. The van der Waals surface area contributed by atoms with E-state index in [0.717, 1.165) is 17.4 Å². The number of alkyl halides is 1. The van der Waals surface area contributed by atoms with Crippen molar-refractivity contribution in [1.29, 1.82) is 0 Å². The van der Waals surface area contributed by atoms with Crippen LogP contribution in [0.5, 0.6) is 0 Å². The smallest absolute Gasteiger partial charge is 0.177 e. The van der Waals surface area contributed by atoms with Crippen LogP contribution in [-0.4, -0.2) is 32.7 Å². The Bertz CT molecular complexity index is 821. The molecule has 2 aromatic rings. The molecule has 0 saturated carbocycles. The first-order valence-corrected chi connectivity index (χ1v) is 9.35. The fourth-order valence-electron chi connectivity index (χ4n) is 3.04. The average Bonchev–Trinajstić information content (AvgIpc) is 2.90. The van der Waals surface area contributed by atoms with E-state index < -0.39 is 15.5 Å². The highest BCUT2D eigenvalue weighted by atomic mass is 32.2. The van der Waals surface area contributed by atoms with Crippen molar-refractivity contribution in [3.8, 4) is 0 Å². The molecule has 6 heteroatoms. The molecular weight excluding hydrogens is 315 g/mol. The normalized spacial score (nSPS) is 21.6. The number of aromatic nitrogens is 1. The molecule has 1 aliphatic heterocycles. The Morgan fingerprint density at radius 2 is 1.96 bits per heavy atom. The number of halogens is 1. The first-order valence-electron chi connectivity index (χ1n) is 7.46. The van der Waals surface area contributed by atoms with E-state index in [1.165, 1.54) is 12.3 Å². The maximum Gasteiger partial charge on any atom is 0.177 e. The van der Waals surface area contributed by atoms with Gasteiger partial charge in [-0.05, 0) is 30.2 Å². The predicted molar refractivity (Wildman–Crippen MR) is 88.1 cm³/mol. The number of benzene rings is 1. The van der Waals surface area contributed by atoms with Gasteiger partial charge in [0.25, 0.3) is 0 Å². The van der Waals surface area contributed by atoms with Gasteiger partial charge in [-0.15, -0.1) is 0 Å². The summed E-state index contributed by atoms with van der Waals surface area (Å²) in [5.74, 6) is 0.602. The molecule has 1 unspecified atom stereocenters. The lowest BCUT2D eigenvalue weighted by atomic mass is 9.91. The van der Waals surface area contributed by atoms with Gasteiger partial charge in [0, 0.05) is 25.4 Å². The van der Waals surface area contributed by atoms with Gasteiger partial charge >= 0.3 is 0 Å². The number of sulfone groups is 1. The van der Waals surface area contributed by atoms with Crippen LogP contribution in [0.25, 0.3) is 0 Å². The van der Waals surface area contributed by atoms with Crippen molar-refractivity contribution in [2.75, 3.05) is 24.2 Å². The molecule has 23 heavy (non-hydrogen) atoms. The zero-order valence-electron chi connectivity index (χ0n) is 13.2. The van der Waals surface area contributed by atoms with Crippen LogP contribution in [0.1, 0.15) is 17.5 Å². The van der Waals surface area contributed by atoms with E-state index in [1.807, 2.05) is 36.1 Å². The molecule has 1 saturated heterocycles. The van der Waals surface area contributed by atoms with Gasteiger partial charge in [-0.25, -0.2) is 17.8 Å². The Labute approximate surface area is 135 Å². The summed E-state index contributed by atoms with van der Waals surface area (Å²) < 4.78 is 38.3. The van der Waals surface area contributed by atoms with E-state index in [1.54, 1.807) is 6.07 Å². The summed E-state index contributed by atoms with van der Waals surface area (Å²) in [5, 5.41) is 0. The molecule has 1 fully saturated rings. The number of rotatable bonds is 3. The van der Waals surface area contributed by atoms with E-state index in [-0.39, 0.29) is 11.4 Å². The first kappa shape index (κ1) is 15.9. The SMILES string of the molecule is Cc1ccccc1C1(F)CCN(c2ccc(S(C)(=O)=O)cn2)C1. The second kappa shape index (κ2) is 5.60. The van der Waals surface area contributed by atoms with Crippen LogP contribution in [0.4, 0.5) is 10.2 Å². The molecule has 1 aliphatic rings. The summed E-state index contributed by atoms with van der Waals surface area (Å²) >= 11 is 0. The zero-order chi connectivity index (χ0) is 16.7. The lowest BCUT2D eigenvalue weighted by Crippen LogP contribution is -2.28. The van der Waals surface area contributed by atoms with Gasteiger partial charge < -0.3 is 4.90 Å². The van der Waals surface area contributed by atoms with E-state index in [0.29, 0.717) is 18.8 Å². The minimum absolute atomic E-state index is 0.172. The molecule has 0 aliphatic carbocycles. The molecule has 1 atom stereocenters. The van der Waals surface area contributed by atoms with E-state index >= 15 is 4.39 Å². The first-order chi connectivity index (χ1) is 10.8. The molecule has 0 spiro atoms. The van der Waals surface area contributed by atoms with Gasteiger partial charge in [-0.2, -0.15) is 0 Å². The highest BCUT2D eigenvalue weighted by Gasteiger charge is 2.41. The van der Waals surface area contributed by atoms with Crippen molar-refractivity contribution in [1.82, 2.24) is 4.98 Å². The molecule has 4 nitrogen and oxygen atoms in total. The van der Waals surface area contributed by atoms with E-state index in [9.17, 15) is 8.42 Å². The fourth-order valence-corrected chi connectivity index (χ4v) is 3.60. The van der Waals surface area contributed by atoms with Crippen molar-refractivity contribution in [3.63, 3.8) is 0 Å². The van der Waals surface area contributed by atoms with Crippen LogP contribution < -0.4 is 4.90 Å². The number of aryl methyl sites for hydroxylation is 1. The number of pyridine rings is 1. The molecule has 0 radical (unpaired) electrons. The Kier molecular flexibility index (Phi) is 3.88. The summed E-state index contributed by atoms with van der Waals surface area (Å²) in [6.07, 6.45) is 2.87. The van der Waals surface area contributed by atoms with Crippen molar-refractivity contribution < 1.29 is 12.8 Å². The van der Waals surface area contributed by atoms with Crippen LogP contribution in [0.2, 0.25) is 0 Å². The predicted octanol–water partition coefficient (Wildman–Crippen LogP) is 2.87. The Morgan fingerprint density at radius 3 is 2.57 bits per heavy atom. The van der Waals surface area contributed by atoms with Crippen LogP contribution in [0.15, 0.2) is 47.5 Å². The topological polar surface area (TPSA) is 50.3 Å². The molecule has 122 valence electrons. The Hall–Kier alpha value is -1.95. The number of anilines is 1. The summed E-state index contributed by atoms with van der Waals surface area (Å²) in [6.45, 7) is 2.69. The second-order valence-electron chi connectivity index (χ2n) is 6.08. The number of hydrogen-bond donors (Lipinski definition) is 0. The minimum Gasteiger partial charge on any atom is -0.353 e. The lowest BCUT2D eigenvalue weighted by molar-refractivity contribution is 0.195. The van der Waals surface area contributed by atoms with Gasteiger partial charge in [0.2, 0.25) is 0 Å². The molecule has 1 aromatic heterocycles. The molecule has 0 amide bonds. The van der Waals surface area contributed by atoms with Crippen molar-refractivity contribution in [2.24, 2.45) is 0 Å². The van der Waals surface area contributed by atoms with Gasteiger partial charge in [0.15, 0.2) is 15.5 Å². The third-order valence-electron chi connectivity index (χ3n) is 4.32. The largest absolute Gasteiger partial charge is 0.353 e. The fraction of sp³-hybridized carbons (Fsp3) is 0.353. The quantitative estimate of drug-likeness (QED) is 0.866. The Morgan fingerprint density at radius 1 is 1.22 bits per heavy atom. The van der Waals surface area contributed by atoms with Crippen LogP contribution >= 0.6 is 0 Å². The molecule has 1 aromatic carbocycles. The van der Waals surface area contributed by atoms with E-state index in [4.69, 9.17) is 0 Å². The molecule has 3 rings (SSSR count). The summed E-state index contributed by atoms with van der Waals surface area (Å²) in [5.41, 5.74) is 0.259. The minimum atomic E-state index is -3.27. The third-order valence-corrected chi connectivity index (χ3v) is 5.42. The van der Waals surface area contributed by atoms with Gasteiger partial charge in [0.05, 0.1) is 11.4 Å². The van der Waals surface area contributed by atoms with Crippen molar-refractivity contribution >= 4 is 15.7 Å². The summed E-state index contributed by atoms with van der Waals surface area (Å²) in [6, 6.07) is 10.7. The van der Waals surface area contributed by atoms with Crippen molar-refractivity contribution in [3.05, 3.63) is 53.7 Å². The summed E-state index contributed by atoms with van der Waals surface area (Å²) in [4.78, 5) is 6.22. The molecular formula is C17H19FN2O2S. The van der Waals surface area contributed by atoms with Crippen LogP contribution in [-0.2, 0) is 15.5 Å². The van der Waals surface area contributed by atoms with Gasteiger partial charge in [-0.1, -0.05) is 24.3 Å². The van der Waals surface area contributed by atoms with E-state index in [2.05, 4.69) is 4.98 Å². The van der Waals surface area contributed by atoms with Crippen molar-refractivity contribution in [2.45, 2.75) is 23.9 Å². The van der Waals surface area contributed by atoms with Gasteiger partial charge in [-0.3, -0.25) is 0 Å². The molecule has 2 heterocycles. The average molecular weight is 334 g/mol. The standard InChI is InChI=1S/C17H19FN2O2S/c1-13-5-3-4-6-15(13)17(18)9-10-20(12-17)16-8-7-14(11-19-16)23(2,21)22/h3-8,11H,9-10,12H2,1-2H3. The van der Waals surface area contributed by atoms with Crippen LogP contribution in [0.3, 0.4) is 0 Å². The monoisotopic (exact) mass is 334 g/mol. The zero-order valence-corrected chi connectivity index (χ0v) is 14.0. The maximum absolute atomic E-state index is 15.3. The third kappa shape index (κ3) is 3.08. The van der Waals surface area contributed by atoms with Gasteiger partial charge in [0.1, 0.15) is 5.82 Å². The Balaban J connectivity index is 1.84. The number of hydrogen-bond acceptors (Lipinski definition) is 4. The highest BCUT2D eigenvalue weighted by Crippen LogP contribution is 2.39. The second-order valence-corrected chi connectivity index (χ2v) is 8.09. The number of nitrogens with zero attached hydrogens (tertiary/aromatic N) is 2. The van der Waals surface area contributed by atoms with Crippen LogP contribution in [0, 0.1) is 6.92 Å².